The standard InChI is InChI=1S/C22H29N3O4S/c26-20-7-6-19(21(27)23-20)25-15-16-14-17(4-5-18(16)22(25)28)30-13-3-1-2-8-24-9-11-29-12-10-24/h4-5,14,19H,1-3,6-13,15H2,(H,23,26,27). The van der Waals surface area contributed by atoms with E-state index in [1.54, 1.807) is 4.90 Å². The van der Waals surface area contributed by atoms with Gasteiger partial charge in [0, 0.05) is 36.5 Å². The molecule has 1 N–H and O–H groups in total. The molecule has 0 saturated carbocycles. The SMILES string of the molecule is O=C1CCC(N2Cc3cc(SCCCCCN4CCOCC4)ccc3C2=O)C(=O)N1. The van der Waals surface area contributed by atoms with Crippen LogP contribution in [0.1, 0.15) is 48.0 Å². The number of carbonyl (C=O) groups is 3. The van der Waals surface area contributed by atoms with Crippen LogP contribution in [0.15, 0.2) is 23.1 Å². The fourth-order valence-corrected chi connectivity index (χ4v) is 5.24. The first kappa shape index (κ1) is 21.3. The van der Waals surface area contributed by atoms with Crippen molar-refractivity contribution in [3.8, 4) is 0 Å². The van der Waals surface area contributed by atoms with E-state index in [1.165, 1.54) is 24.2 Å². The summed E-state index contributed by atoms with van der Waals surface area (Å²) >= 11 is 1.82. The van der Waals surface area contributed by atoms with Crippen molar-refractivity contribution in [2.24, 2.45) is 0 Å². The van der Waals surface area contributed by atoms with Gasteiger partial charge in [-0.25, -0.2) is 0 Å². The average molecular weight is 432 g/mol. The van der Waals surface area contributed by atoms with Gasteiger partial charge in [0.1, 0.15) is 6.04 Å². The van der Waals surface area contributed by atoms with Gasteiger partial charge < -0.3 is 9.64 Å². The lowest BCUT2D eigenvalue weighted by molar-refractivity contribution is -0.136. The molecular weight excluding hydrogens is 402 g/mol. The van der Waals surface area contributed by atoms with Gasteiger partial charge in [-0.2, -0.15) is 0 Å². The molecule has 0 aromatic heterocycles. The molecule has 1 aromatic rings. The molecule has 0 bridgehead atoms. The van der Waals surface area contributed by atoms with E-state index in [-0.39, 0.29) is 24.1 Å². The Hall–Kier alpha value is -1.90. The number of hydrogen-bond acceptors (Lipinski definition) is 6. The van der Waals surface area contributed by atoms with E-state index in [2.05, 4.69) is 16.3 Å². The predicted octanol–water partition coefficient (Wildman–Crippen LogP) is 2.04. The van der Waals surface area contributed by atoms with Crippen LogP contribution >= 0.6 is 11.8 Å². The minimum atomic E-state index is -0.551. The van der Waals surface area contributed by atoms with Crippen molar-refractivity contribution in [2.75, 3.05) is 38.6 Å². The van der Waals surface area contributed by atoms with Crippen molar-refractivity contribution < 1.29 is 19.1 Å². The lowest BCUT2D eigenvalue weighted by atomic mass is 10.0. The normalized spacial score (nSPS) is 22.3. The van der Waals surface area contributed by atoms with Gasteiger partial charge >= 0.3 is 0 Å². The largest absolute Gasteiger partial charge is 0.379 e. The highest BCUT2D eigenvalue weighted by molar-refractivity contribution is 7.99. The number of hydrogen-bond donors (Lipinski definition) is 1. The molecule has 2 saturated heterocycles. The van der Waals surface area contributed by atoms with Gasteiger partial charge in [-0.3, -0.25) is 24.6 Å². The highest BCUT2D eigenvalue weighted by atomic mass is 32.2. The summed E-state index contributed by atoms with van der Waals surface area (Å²) in [5, 5.41) is 2.35. The first-order valence-electron chi connectivity index (χ1n) is 10.8. The molecule has 30 heavy (non-hydrogen) atoms. The number of unbranched alkanes of at least 4 members (excludes halogenated alkanes) is 2. The summed E-state index contributed by atoms with van der Waals surface area (Å²) in [7, 11) is 0. The number of morpholine rings is 1. The van der Waals surface area contributed by atoms with Crippen LogP contribution in [0.2, 0.25) is 0 Å². The second kappa shape index (κ2) is 9.94. The fourth-order valence-electron chi connectivity index (χ4n) is 4.27. The molecule has 8 heteroatoms. The van der Waals surface area contributed by atoms with Crippen molar-refractivity contribution >= 4 is 29.5 Å². The number of imide groups is 1. The predicted molar refractivity (Wildman–Crippen MR) is 114 cm³/mol. The smallest absolute Gasteiger partial charge is 0.255 e. The van der Waals surface area contributed by atoms with Crippen LogP contribution < -0.4 is 5.32 Å². The Labute approximate surface area is 181 Å². The number of carbonyl (C=O) groups excluding carboxylic acids is 3. The number of fused-ring (bicyclic) bond motifs is 1. The van der Waals surface area contributed by atoms with E-state index in [1.807, 2.05) is 23.9 Å². The van der Waals surface area contributed by atoms with Crippen molar-refractivity contribution in [3.05, 3.63) is 29.3 Å². The molecule has 3 aliphatic rings. The van der Waals surface area contributed by atoms with Crippen LogP contribution in [0.25, 0.3) is 0 Å². The Bertz CT molecular complexity index is 810. The molecule has 4 rings (SSSR count). The van der Waals surface area contributed by atoms with E-state index in [4.69, 9.17) is 4.74 Å². The molecule has 0 radical (unpaired) electrons. The molecule has 3 aliphatic heterocycles. The third kappa shape index (κ3) is 5.04. The zero-order valence-electron chi connectivity index (χ0n) is 17.2. The van der Waals surface area contributed by atoms with Gasteiger partial charge in [0.25, 0.3) is 5.91 Å². The minimum absolute atomic E-state index is 0.112. The lowest BCUT2D eigenvalue weighted by Crippen LogP contribution is -2.52. The van der Waals surface area contributed by atoms with E-state index in [9.17, 15) is 14.4 Å². The summed E-state index contributed by atoms with van der Waals surface area (Å²) in [5.41, 5.74) is 1.65. The van der Waals surface area contributed by atoms with Gasteiger partial charge in [-0.15, -0.1) is 11.8 Å². The molecule has 3 heterocycles. The van der Waals surface area contributed by atoms with Gasteiger partial charge in [-0.05, 0) is 55.3 Å². The van der Waals surface area contributed by atoms with Crippen LogP contribution in [0.5, 0.6) is 0 Å². The Morgan fingerprint density at radius 2 is 1.93 bits per heavy atom. The third-order valence-corrected chi connectivity index (χ3v) is 7.07. The summed E-state index contributed by atoms with van der Waals surface area (Å²) in [4.78, 5) is 41.5. The molecule has 2 fully saturated rings. The summed E-state index contributed by atoms with van der Waals surface area (Å²) in [6.07, 6.45) is 4.30. The maximum atomic E-state index is 12.7. The first-order valence-corrected chi connectivity index (χ1v) is 11.8. The van der Waals surface area contributed by atoms with Crippen molar-refractivity contribution in [3.63, 3.8) is 0 Å². The van der Waals surface area contributed by atoms with E-state index < -0.39 is 6.04 Å². The van der Waals surface area contributed by atoms with Crippen molar-refractivity contribution in [1.82, 2.24) is 15.1 Å². The summed E-state index contributed by atoms with van der Waals surface area (Å²) in [6.45, 7) is 5.42. The first-order chi connectivity index (χ1) is 14.6. The van der Waals surface area contributed by atoms with Crippen LogP contribution in [0, 0.1) is 0 Å². The van der Waals surface area contributed by atoms with E-state index in [0.717, 1.165) is 44.2 Å². The third-order valence-electron chi connectivity index (χ3n) is 5.99. The Morgan fingerprint density at radius 1 is 1.10 bits per heavy atom. The number of rotatable bonds is 8. The second-order valence-corrected chi connectivity index (χ2v) is 9.25. The topological polar surface area (TPSA) is 79.0 Å². The summed E-state index contributed by atoms with van der Waals surface area (Å²) < 4.78 is 5.38. The fraction of sp³-hybridized carbons (Fsp3) is 0.591. The van der Waals surface area contributed by atoms with Gasteiger partial charge in [0.2, 0.25) is 11.8 Å². The van der Waals surface area contributed by atoms with Gasteiger partial charge in [0.05, 0.1) is 13.2 Å². The number of thioether (sulfide) groups is 1. The number of nitrogens with zero attached hydrogens (tertiary/aromatic N) is 2. The zero-order valence-corrected chi connectivity index (χ0v) is 18.0. The highest BCUT2D eigenvalue weighted by Gasteiger charge is 2.39. The zero-order chi connectivity index (χ0) is 20.9. The lowest BCUT2D eigenvalue weighted by Gasteiger charge is -2.29. The number of nitrogens with one attached hydrogen (secondary N) is 1. The molecule has 3 amide bonds. The van der Waals surface area contributed by atoms with Crippen LogP contribution in [-0.2, 0) is 20.9 Å². The second-order valence-electron chi connectivity index (χ2n) is 8.08. The molecule has 7 nitrogen and oxygen atoms in total. The van der Waals surface area contributed by atoms with Crippen LogP contribution in [0.4, 0.5) is 0 Å². The molecule has 0 aliphatic carbocycles. The minimum Gasteiger partial charge on any atom is -0.379 e. The Morgan fingerprint density at radius 3 is 2.73 bits per heavy atom. The maximum absolute atomic E-state index is 12.7. The molecule has 1 unspecified atom stereocenters. The van der Waals surface area contributed by atoms with Gasteiger partial charge in [-0.1, -0.05) is 6.42 Å². The number of piperidine rings is 1. The number of amides is 3. The highest BCUT2D eigenvalue weighted by Crippen LogP contribution is 2.31. The Balaban J connectivity index is 1.23. The van der Waals surface area contributed by atoms with Gasteiger partial charge in [0.15, 0.2) is 0 Å². The molecular formula is C22H29N3O4S. The molecule has 1 atom stereocenters. The molecule has 1 aromatic carbocycles. The van der Waals surface area contributed by atoms with Crippen LogP contribution in [-0.4, -0.2) is 72.2 Å². The summed E-state index contributed by atoms with van der Waals surface area (Å²) in [5.74, 6) is 0.328. The maximum Gasteiger partial charge on any atom is 0.255 e. The summed E-state index contributed by atoms with van der Waals surface area (Å²) in [6, 6.07) is 5.41. The quantitative estimate of drug-likeness (QED) is 0.386. The number of ether oxygens (including phenoxy) is 1. The van der Waals surface area contributed by atoms with E-state index in [0.29, 0.717) is 18.5 Å². The van der Waals surface area contributed by atoms with Crippen molar-refractivity contribution in [2.45, 2.75) is 49.6 Å². The van der Waals surface area contributed by atoms with Crippen LogP contribution in [0.3, 0.4) is 0 Å². The molecule has 0 spiro atoms. The number of benzene rings is 1. The van der Waals surface area contributed by atoms with Crippen molar-refractivity contribution in [1.29, 1.82) is 0 Å². The molecule has 162 valence electrons. The monoisotopic (exact) mass is 431 g/mol. The van der Waals surface area contributed by atoms with E-state index >= 15 is 0 Å². The Kier molecular flexibility index (Phi) is 7.07. The average Bonchev–Trinajstić information content (AvgIpc) is 3.07.